The van der Waals surface area contributed by atoms with Gasteiger partial charge in [0.2, 0.25) is 0 Å². The summed E-state index contributed by atoms with van der Waals surface area (Å²) in [5.74, 6) is 0.354. The van der Waals surface area contributed by atoms with Crippen LogP contribution in [0.15, 0.2) is 12.2 Å². The highest BCUT2D eigenvalue weighted by atomic mass is 16.5. The Morgan fingerprint density at radius 1 is 1.19 bits per heavy atom. The lowest BCUT2D eigenvalue weighted by Crippen LogP contribution is -2.44. The molecular weight excluding hydrogens is 202 g/mol. The van der Waals surface area contributed by atoms with Gasteiger partial charge in [0, 0.05) is 24.6 Å². The molecule has 0 aromatic heterocycles. The maximum Gasteiger partial charge on any atom is 0.0565 e. The number of ether oxygens (including phenoxy) is 1. The molecule has 0 aromatic carbocycles. The fraction of sp³-hybridized carbons (Fsp3) is 0.846. The summed E-state index contributed by atoms with van der Waals surface area (Å²) in [5, 5.41) is 12.7. The molecule has 3 heteroatoms. The zero-order valence-corrected chi connectivity index (χ0v) is 10.2. The Labute approximate surface area is 97.9 Å². The molecule has 0 radical (unpaired) electrons. The predicted molar refractivity (Wildman–Crippen MR) is 64.3 cm³/mol. The highest BCUT2D eigenvalue weighted by Crippen LogP contribution is 2.23. The van der Waals surface area contributed by atoms with Crippen LogP contribution < -0.4 is 5.32 Å². The molecule has 0 saturated carbocycles. The Balaban J connectivity index is 1.79. The molecule has 2 unspecified atom stereocenters. The van der Waals surface area contributed by atoms with Crippen molar-refractivity contribution in [3.63, 3.8) is 0 Å². The molecule has 2 N–H and O–H groups in total. The fourth-order valence-electron chi connectivity index (χ4n) is 2.88. The normalized spacial score (nSPS) is 43.8. The van der Waals surface area contributed by atoms with Crippen molar-refractivity contribution >= 4 is 0 Å². The molecule has 0 spiro atoms. The molecule has 3 nitrogen and oxygen atoms in total. The second-order valence-corrected chi connectivity index (χ2v) is 5.26. The van der Waals surface area contributed by atoms with Crippen LogP contribution in [0.3, 0.4) is 0 Å². The Morgan fingerprint density at radius 3 is 2.44 bits per heavy atom. The molecule has 1 aliphatic carbocycles. The van der Waals surface area contributed by atoms with Crippen LogP contribution in [-0.4, -0.2) is 36.0 Å². The first-order chi connectivity index (χ1) is 7.67. The number of hydrogen-bond donors (Lipinski definition) is 2. The first-order valence-corrected chi connectivity index (χ1v) is 6.38. The van der Waals surface area contributed by atoms with Gasteiger partial charge in [-0.3, -0.25) is 0 Å². The van der Waals surface area contributed by atoms with Crippen LogP contribution in [0, 0.1) is 5.92 Å². The number of hydrogen-bond acceptors (Lipinski definition) is 3. The minimum absolute atomic E-state index is 0.273. The van der Waals surface area contributed by atoms with Gasteiger partial charge in [0.1, 0.15) is 0 Å². The molecule has 0 bridgehead atoms. The van der Waals surface area contributed by atoms with Crippen molar-refractivity contribution in [1.29, 1.82) is 0 Å². The highest BCUT2D eigenvalue weighted by molar-refractivity contribution is 5.06. The maximum atomic E-state index is 9.07. The minimum Gasteiger partial charge on any atom is -0.396 e. The van der Waals surface area contributed by atoms with Gasteiger partial charge >= 0.3 is 0 Å². The van der Waals surface area contributed by atoms with Crippen LogP contribution in [0.1, 0.15) is 33.1 Å². The highest BCUT2D eigenvalue weighted by Gasteiger charge is 2.27. The van der Waals surface area contributed by atoms with E-state index < -0.39 is 0 Å². The van der Waals surface area contributed by atoms with E-state index in [0.717, 1.165) is 19.3 Å². The summed E-state index contributed by atoms with van der Waals surface area (Å²) in [4.78, 5) is 0. The molecule has 4 atom stereocenters. The summed E-state index contributed by atoms with van der Waals surface area (Å²) in [6, 6.07) is 1.01. The molecule has 16 heavy (non-hydrogen) atoms. The molecule has 0 amide bonds. The number of nitrogens with one attached hydrogen (secondary N) is 1. The zero-order valence-electron chi connectivity index (χ0n) is 10.2. The summed E-state index contributed by atoms with van der Waals surface area (Å²) < 4.78 is 5.73. The summed E-state index contributed by atoms with van der Waals surface area (Å²) in [7, 11) is 0. The van der Waals surface area contributed by atoms with Gasteiger partial charge < -0.3 is 15.2 Å². The summed E-state index contributed by atoms with van der Waals surface area (Å²) in [6.45, 7) is 4.56. The number of aliphatic hydroxyl groups excluding tert-OH is 1. The Morgan fingerprint density at radius 2 is 1.88 bits per heavy atom. The molecular formula is C13H23NO2. The lowest BCUT2D eigenvalue weighted by atomic mass is 9.98. The summed E-state index contributed by atoms with van der Waals surface area (Å²) in [5.41, 5.74) is 0. The molecule has 0 aromatic rings. The van der Waals surface area contributed by atoms with E-state index in [0.29, 0.717) is 30.2 Å². The molecule has 1 fully saturated rings. The molecule has 1 heterocycles. The third-order valence-corrected chi connectivity index (χ3v) is 3.55. The first-order valence-electron chi connectivity index (χ1n) is 6.38. The quantitative estimate of drug-likeness (QED) is 0.715. The van der Waals surface area contributed by atoms with Crippen LogP contribution >= 0.6 is 0 Å². The van der Waals surface area contributed by atoms with Crippen LogP contribution in [0.4, 0.5) is 0 Å². The molecule has 1 saturated heterocycles. The van der Waals surface area contributed by atoms with Crippen molar-refractivity contribution in [2.45, 2.75) is 57.4 Å². The molecule has 92 valence electrons. The van der Waals surface area contributed by atoms with E-state index in [2.05, 4.69) is 31.3 Å². The van der Waals surface area contributed by atoms with Crippen LogP contribution in [0.2, 0.25) is 0 Å². The summed E-state index contributed by atoms with van der Waals surface area (Å²) >= 11 is 0. The van der Waals surface area contributed by atoms with E-state index in [1.807, 2.05) is 0 Å². The van der Waals surface area contributed by atoms with E-state index in [1.165, 1.54) is 0 Å². The van der Waals surface area contributed by atoms with Crippen molar-refractivity contribution in [2.75, 3.05) is 6.61 Å². The zero-order chi connectivity index (χ0) is 11.5. The third-order valence-electron chi connectivity index (χ3n) is 3.55. The van der Waals surface area contributed by atoms with Gasteiger partial charge in [-0.1, -0.05) is 12.2 Å². The van der Waals surface area contributed by atoms with Crippen LogP contribution in [0.25, 0.3) is 0 Å². The second-order valence-electron chi connectivity index (χ2n) is 5.26. The molecule has 2 rings (SSSR count). The van der Waals surface area contributed by atoms with E-state index >= 15 is 0 Å². The van der Waals surface area contributed by atoms with Crippen molar-refractivity contribution in [3.8, 4) is 0 Å². The fourth-order valence-corrected chi connectivity index (χ4v) is 2.88. The Bertz CT molecular complexity index is 244. The van der Waals surface area contributed by atoms with Gasteiger partial charge in [-0.25, -0.2) is 0 Å². The molecule has 2 aliphatic rings. The Hall–Kier alpha value is -0.380. The van der Waals surface area contributed by atoms with Gasteiger partial charge in [-0.2, -0.15) is 0 Å². The van der Waals surface area contributed by atoms with Crippen LogP contribution in [-0.2, 0) is 4.74 Å². The average Bonchev–Trinajstić information content (AvgIpc) is 2.64. The molecule has 1 aliphatic heterocycles. The predicted octanol–water partition coefficient (Wildman–Crippen LogP) is 1.47. The van der Waals surface area contributed by atoms with E-state index in [1.54, 1.807) is 0 Å². The lowest BCUT2D eigenvalue weighted by molar-refractivity contribution is -0.0430. The average molecular weight is 225 g/mol. The SMILES string of the molecule is CC1CC(N[C@@H]2C=C[C@H](CO)C2)CC(C)O1. The van der Waals surface area contributed by atoms with Gasteiger partial charge in [0.15, 0.2) is 0 Å². The smallest absolute Gasteiger partial charge is 0.0565 e. The van der Waals surface area contributed by atoms with Crippen molar-refractivity contribution in [1.82, 2.24) is 5.32 Å². The monoisotopic (exact) mass is 225 g/mol. The van der Waals surface area contributed by atoms with E-state index in [4.69, 9.17) is 9.84 Å². The Kier molecular flexibility index (Phi) is 4.00. The van der Waals surface area contributed by atoms with Gasteiger partial charge in [0.25, 0.3) is 0 Å². The number of rotatable bonds is 3. The second kappa shape index (κ2) is 5.30. The maximum absolute atomic E-state index is 9.07. The van der Waals surface area contributed by atoms with Gasteiger partial charge in [-0.15, -0.1) is 0 Å². The minimum atomic E-state index is 0.273. The van der Waals surface area contributed by atoms with Gasteiger partial charge in [0.05, 0.1) is 12.2 Å². The van der Waals surface area contributed by atoms with Crippen molar-refractivity contribution in [2.24, 2.45) is 5.92 Å². The largest absolute Gasteiger partial charge is 0.396 e. The lowest BCUT2D eigenvalue weighted by Gasteiger charge is -2.34. The number of aliphatic hydroxyl groups is 1. The summed E-state index contributed by atoms with van der Waals surface area (Å²) in [6.07, 6.45) is 8.28. The van der Waals surface area contributed by atoms with Crippen molar-refractivity contribution in [3.05, 3.63) is 12.2 Å². The van der Waals surface area contributed by atoms with E-state index in [-0.39, 0.29) is 6.61 Å². The van der Waals surface area contributed by atoms with Crippen LogP contribution in [0.5, 0.6) is 0 Å². The van der Waals surface area contributed by atoms with E-state index in [9.17, 15) is 0 Å². The van der Waals surface area contributed by atoms with Gasteiger partial charge in [-0.05, 0) is 33.1 Å². The first kappa shape index (κ1) is 12.1. The van der Waals surface area contributed by atoms with Crippen molar-refractivity contribution < 1.29 is 9.84 Å². The third kappa shape index (κ3) is 3.06. The standard InChI is InChI=1S/C13H23NO2/c1-9-5-13(6-10(2)16-9)14-12-4-3-11(7-12)8-15/h3-4,9-15H,5-8H2,1-2H3/t9?,10?,11-,12+,13?/m0/s1. The topological polar surface area (TPSA) is 41.5 Å².